The van der Waals surface area contributed by atoms with E-state index >= 15 is 0 Å². The molecule has 0 bridgehead atoms. The van der Waals surface area contributed by atoms with Crippen LogP contribution in [-0.4, -0.2) is 12.5 Å². The first-order valence-corrected chi connectivity index (χ1v) is 10.8. The van der Waals surface area contributed by atoms with Crippen LogP contribution >= 0.6 is 11.6 Å². The molecule has 0 spiro atoms. The third kappa shape index (κ3) is 5.57. The standard InChI is InChI=1S/C27H25ClN2O2/c1-4-32-26-15-20(12-13-22(26)16-21-9-5-6-10-24(21)28)14-23(17-29)27(31)30-25-11-7-8-18(2)19(25)3/h5-15H,4,16H2,1-3H3,(H,30,31)/b23-14+. The number of aryl methyl sites for hydroxylation is 1. The highest BCUT2D eigenvalue weighted by Crippen LogP contribution is 2.27. The Hall–Kier alpha value is -3.55. The Labute approximate surface area is 194 Å². The van der Waals surface area contributed by atoms with Crippen LogP contribution in [-0.2, 0) is 11.2 Å². The van der Waals surface area contributed by atoms with Gasteiger partial charge in [0.2, 0.25) is 0 Å². The Morgan fingerprint density at radius 3 is 2.59 bits per heavy atom. The number of rotatable bonds is 7. The number of carbonyl (C=O) groups excluding carboxylic acids is 1. The zero-order chi connectivity index (χ0) is 23.1. The van der Waals surface area contributed by atoms with Crippen LogP contribution in [0.15, 0.2) is 66.2 Å². The highest BCUT2D eigenvalue weighted by molar-refractivity contribution is 6.31. The largest absolute Gasteiger partial charge is 0.494 e. The molecule has 0 radical (unpaired) electrons. The van der Waals surface area contributed by atoms with Crippen LogP contribution in [0.4, 0.5) is 5.69 Å². The average Bonchev–Trinajstić information content (AvgIpc) is 2.78. The molecule has 0 unspecified atom stereocenters. The number of halogens is 1. The van der Waals surface area contributed by atoms with Crippen molar-refractivity contribution in [3.63, 3.8) is 0 Å². The molecule has 0 saturated heterocycles. The number of amides is 1. The molecular weight excluding hydrogens is 420 g/mol. The predicted octanol–water partition coefficient (Wildman–Crippen LogP) is 6.49. The number of hydrogen-bond acceptors (Lipinski definition) is 3. The maximum atomic E-state index is 12.7. The van der Waals surface area contributed by atoms with E-state index in [-0.39, 0.29) is 5.57 Å². The average molecular weight is 445 g/mol. The SMILES string of the molecule is CCOc1cc(/C=C(\C#N)C(=O)Nc2cccc(C)c2C)ccc1Cc1ccccc1Cl. The lowest BCUT2D eigenvalue weighted by Gasteiger charge is -2.13. The maximum absolute atomic E-state index is 12.7. The maximum Gasteiger partial charge on any atom is 0.266 e. The van der Waals surface area contributed by atoms with Crippen LogP contribution in [0.2, 0.25) is 5.02 Å². The van der Waals surface area contributed by atoms with Crippen molar-refractivity contribution in [3.8, 4) is 11.8 Å². The second-order valence-corrected chi connectivity index (χ2v) is 7.85. The quantitative estimate of drug-likeness (QED) is 0.334. The lowest BCUT2D eigenvalue weighted by Crippen LogP contribution is -2.14. The molecule has 1 N–H and O–H groups in total. The van der Waals surface area contributed by atoms with E-state index in [0.717, 1.165) is 22.3 Å². The molecule has 162 valence electrons. The predicted molar refractivity (Wildman–Crippen MR) is 130 cm³/mol. The highest BCUT2D eigenvalue weighted by Gasteiger charge is 2.13. The molecule has 0 aliphatic carbocycles. The molecular formula is C27H25ClN2O2. The number of hydrogen-bond donors (Lipinski definition) is 1. The van der Waals surface area contributed by atoms with Gasteiger partial charge in [-0.2, -0.15) is 5.26 Å². The van der Waals surface area contributed by atoms with Gasteiger partial charge < -0.3 is 10.1 Å². The minimum absolute atomic E-state index is 0.0206. The second-order valence-electron chi connectivity index (χ2n) is 7.44. The van der Waals surface area contributed by atoms with E-state index in [1.54, 1.807) is 6.08 Å². The van der Waals surface area contributed by atoms with Crippen LogP contribution in [0.3, 0.4) is 0 Å². The molecule has 0 saturated carbocycles. The summed E-state index contributed by atoms with van der Waals surface area (Å²) in [6.45, 7) is 6.33. The summed E-state index contributed by atoms with van der Waals surface area (Å²) < 4.78 is 5.83. The van der Waals surface area contributed by atoms with Crippen molar-refractivity contribution in [3.05, 3.63) is 99.1 Å². The van der Waals surface area contributed by atoms with Gasteiger partial charge in [-0.15, -0.1) is 0 Å². The van der Waals surface area contributed by atoms with Crippen molar-refractivity contribution in [2.45, 2.75) is 27.2 Å². The van der Waals surface area contributed by atoms with E-state index in [1.165, 1.54) is 0 Å². The number of carbonyl (C=O) groups is 1. The first kappa shape index (κ1) is 23.1. The number of anilines is 1. The molecule has 0 atom stereocenters. The van der Waals surface area contributed by atoms with Gasteiger partial charge in [0.15, 0.2) is 0 Å². The Morgan fingerprint density at radius 2 is 1.88 bits per heavy atom. The van der Waals surface area contributed by atoms with Crippen LogP contribution in [0.5, 0.6) is 5.75 Å². The van der Waals surface area contributed by atoms with Gasteiger partial charge in [0.1, 0.15) is 17.4 Å². The first-order valence-electron chi connectivity index (χ1n) is 10.4. The minimum atomic E-state index is -0.445. The van der Waals surface area contributed by atoms with Crippen molar-refractivity contribution in [1.29, 1.82) is 5.26 Å². The van der Waals surface area contributed by atoms with Crippen LogP contribution < -0.4 is 10.1 Å². The summed E-state index contributed by atoms with van der Waals surface area (Å²) in [5.74, 6) is 0.257. The molecule has 3 aromatic rings. The summed E-state index contributed by atoms with van der Waals surface area (Å²) in [6.07, 6.45) is 2.19. The third-order valence-corrected chi connectivity index (χ3v) is 5.63. The van der Waals surface area contributed by atoms with E-state index in [9.17, 15) is 10.1 Å². The van der Waals surface area contributed by atoms with Gasteiger partial charge in [-0.05, 0) is 72.9 Å². The fourth-order valence-electron chi connectivity index (χ4n) is 3.34. The summed E-state index contributed by atoms with van der Waals surface area (Å²) in [6, 6.07) is 21.0. The number of benzene rings is 3. The normalized spacial score (nSPS) is 11.0. The monoisotopic (exact) mass is 444 g/mol. The molecule has 1 amide bonds. The lowest BCUT2D eigenvalue weighted by atomic mass is 10.0. The van der Waals surface area contributed by atoms with Gasteiger partial charge in [-0.25, -0.2) is 0 Å². The van der Waals surface area contributed by atoms with E-state index in [2.05, 4.69) is 5.32 Å². The number of nitrogens with zero attached hydrogens (tertiary/aromatic N) is 1. The summed E-state index contributed by atoms with van der Waals surface area (Å²) in [4.78, 5) is 12.7. The Kier molecular flexibility index (Phi) is 7.70. The van der Waals surface area contributed by atoms with Gasteiger partial charge in [0.25, 0.3) is 5.91 Å². The van der Waals surface area contributed by atoms with Crippen molar-refractivity contribution in [1.82, 2.24) is 0 Å². The first-order chi connectivity index (χ1) is 15.4. The molecule has 3 aromatic carbocycles. The third-order valence-electron chi connectivity index (χ3n) is 5.26. The molecule has 4 nitrogen and oxygen atoms in total. The Morgan fingerprint density at radius 1 is 1.09 bits per heavy atom. The number of ether oxygens (including phenoxy) is 1. The second kappa shape index (κ2) is 10.7. The molecule has 0 heterocycles. The fourth-order valence-corrected chi connectivity index (χ4v) is 3.54. The van der Waals surface area contributed by atoms with Crippen molar-refractivity contribution in [2.75, 3.05) is 11.9 Å². The minimum Gasteiger partial charge on any atom is -0.494 e. The van der Waals surface area contributed by atoms with E-state index in [4.69, 9.17) is 16.3 Å². The fraction of sp³-hybridized carbons (Fsp3) is 0.185. The van der Waals surface area contributed by atoms with Crippen molar-refractivity contribution >= 4 is 29.3 Å². The highest BCUT2D eigenvalue weighted by atomic mass is 35.5. The summed E-state index contributed by atoms with van der Waals surface area (Å²) in [5, 5.41) is 13.1. The van der Waals surface area contributed by atoms with Gasteiger partial charge in [0, 0.05) is 17.1 Å². The van der Waals surface area contributed by atoms with Crippen molar-refractivity contribution < 1.29 is 9.53 Å². The van der Waals surface area contributed by atoms with E-state index < -0.39 is 5.91 Å². The summed E-state index contributed by atoms with van der Waals surface area (Å²) in [5.41, 5.74) is 5.46. The molecule has 0 fully saturated rings. The van der Waals surface area contributed by atoms with Gasteiger partial charge in [0.05, 0.1) is 6.61 Å². The van der Waals surface area contributed by atoms with Gasteiger partial charge in [-0.3, -0.25) is 4.79 Å². The van der Waals surface area contributed by atoms with Gasteiger partial charge in [-0.1, -0.05) is 54.1 Å². The summed E-state index contributed by atoms with van der Waals surface area (Å²) in [7, 11) is 0. The lowest BCUT2D eigenvalue weighted by molar-refractivity contribution is -0.112. The molecule has 0 aromatic heterocycles. The van der Waals surface area contributed by atoms with Crippen LogP contribution in [0.25, 0.3) is 6.08 Å². The summed E-state index contributed by atoms with van der Waals surface area (Å²) >= 11 is 6.31. The van der Waals surface area contributed by atoms with E-state index in [0.29, 0.717) is 35.1 Å². The molecule has 5 heteroatoms. The van der Waals surface area contributed by atoms with Crippen LogP contribution in [0, 0.1) is 25.2 Å². The van der Waals surface area contributed by atoms with Crippen LogP contribution in [0.1, 0.15) is 34.7 Å². The zero-order valence-corrected chi connectivity index (χ0v) is 19.2. The zero-order valence-electron chi connectivity index (χ0n) is 18.4. The number of nitriles is 1. The Balaban J connectivity index is 1.87. The smallest absolute Gasteiger partial charge is 0.266 e. The van der Waals surface area contributed by atoms with Crippen molar-refractivity contribution in [2.24, 2.45) is 0 Å². The van der Waals surface area contributed by atoms with E-state index in [1.807, 2.05) is 87.5 Å². The number of nitrogens with one attached hydrogen (secondary N) is 1. The molecule has 0 aliphatic rings. The Bertz CT molecular complexity index is 1210. The van der Waals surface area contributed by atoms with Gasteiger partial charge >= 0.3 is 0 Å². The topological polar surface area (TPSA) is 62.1 Å². The molecule has 3 rings (SSSR count). The molecule has 32 heavy (non-hydrogen) atoms. The molecule has 0 aliphatic heterocycles.